The molecule has 88 valence electrons. The number of hydrogen-bond donors (Lipinski definition) is 1. The summed E-state index contributed by atoms with van der Waals surface area (Å²) < 4.78 is 0. The lowest BCUT2D eigenvalue weighted by molar-refractivity contribution is 0.571. The zero-order chi connectivity index (χ0) is 11.2. The largest absolute Gasteiger partial charge is 0.367 e. The molecular formula is C13H21N3. The molecule has 0 aliphatic carbocycles. The van der Waals surface area contributed by atoms with Gasteiger partial charge < -0.3 is 10.2 Å². The third-order valence-electron chi connectivity index (χ3n) is 3.18. The van der Waals surface area contributed by atoms with Crippen molar-refractivity contribution in [3.8, 4) is 0 Å². The minimum atomic E-state index is 0.661. The summed E-state index contributed by atoms with van der Waals surface area (Å²) >= 11 is 0. The summed E-state index contributed by atoms with van der Waals surface area (Å²) in [5, 5.41) is 3.52. The van der Waals surface area contributed by atoms with Gasteiger partial charge in [0, 0.05) is 37.2 Å². The van der Waals surface area contributed by atoms with E-state index in [1.165, 1.54) is 31.5 Å². The van der Waals surface area contributed by atoms with Crippen LogP contribution < -0.4 is 10.2 Å². The summed E-state index contributed by atoms with van der Waals surface area (Å²) in [6.45, 7) is 5.63. The molecule has 0 spiro atoms. The Morgan fingerprint density at radius 1 is 1.44 bits per heavy atom. The molecule has 0 saturated carbocycles. The number of pyridine rings is 1. The van der Waals surface area contributed by atoms with Crippen LogP contribution >= 0.6 is 0 Å². The molecule has 16 heavy (non-hydrogen) atoms. The zero-order valence-corrected chi connectivity index (χ0v) is 10.0. The molecule has 3 nitrogen and oxygen atoms in total. The number of nitrogens with one attached hydrogen (secondary N) is 1. The standard InChI is InChI=1S/C13H21N3/c1-2-7-15-11-13-4-3-10-16(13)12-5-8-14-9-6-12/h5-6,8-9,13,15H,2-4,7,10-11H2,1H3. The minimum absolute atomic E-state index is 0.661. The van der Waals surface area contributed by atoms with E-state index in [0.29, 0.717) is 6.04 Å². The summed E-state index contributed by atoms with van der Waals surface area (Å²) in [6, 6.07) is 4.88. The molecule has 1 fully saturated rings. The van der Waals surface area contributed by atoms with Crippen LogP contribution in [0.2, 0.25) is 0 Å². The predicted molar refractivity (Wildman–Crippen MR) is 67.8 cm³/mol. The Morgan fingerprint density at radius 3 is 3.00 bits per heavy atom. The van der Waals surface area contributed by atoms with Crippen LogP contribution in [0.15, 0.2) is 24.5 Å². The molecule has 1 aromatic heterocycles. The second kappa shape index (κ2) is 5.85. The monoisotopic (exact) mass is 219 g/mol. The SMILES string of the molecule is CCCNCC1CCCN1c1ccncc1. The van der Waals surface area contributed by atoms with Crippen LogP contribution in [-0.4, -0.2) is 30.7 Å². The van der Waals surface area contributed by atoms with E-state index in [9.17, 15) is 0 Å². The molecule has 1 saturated heterocycles. The van der Waals surface area contributed by atoms with Gasteiger partial charge in [0.05, 0.1) is 0 Å². The predicted octanol–water partition coefficient (Wildman–Crippen LogP) is 2.05. The minimum Gasteiger partial charge on any atom is -0.367 e. The second-order valence-electron chi connectivity index (χ2n) is 4.40. The van der Waals surface area contributed by atoms with Crippen LogP contribution in [0.3, 0.4) is 0 Å². The fourth-order valence-corrected chi connectivity index (χ4v) is 2.37. The third-order valence-corrected chi connectivity index (χ3v) is 3.18. The topological polar surface area (TPSA) is 28.2 Å². The molecule has 0 bridgehead atoms. The maximum atomic E-state index is 4.07. The maximum Gasteiger partial charge on any atom is 0.0415 e. The Hall–Kier alpha value is -1.09. The van der Waals surface area contributed by atoms with E-state index in [2.05, 4.69) is 34.3 Å². The first kappa shape index (κ1) is 11.4. The molecule has 1 aromatic rings. The fraction of sp³-hybridized carbons (Fsp3) is 0.615. The second-order valence-corrected chi connectivity index (χ2v) is 4.40. The van der Waals surface area contributed by atoms with Gasteiger partial charge in [0.2, 0.25) is 0 Å². The molecular weight excluding hydrogens is 198 g/mol. The van der Waals surface area contributed by atoms with E-state index in [1.54, 1.807) is 0 Å². The van der Waals surface area contributed by atoms with Crippen molar-refractivity contribution in [3.63, 3.8) is 0 Å². The summed E-state index contributed by atoms with van der Waals surface area (Å²) in [7, 11) is 0. The van der Waals surface area contributed by atoms with Crippen molar-refractivity contribution in [2.45, 2.75) is 32.2 Å². The third kappa shape index (κ3) is 2.73. The molecule has 1 N–H and O–H groups in total. The Labute approximate surface area is 97.9 Å². The molecule has 1 aliphatic rings. The van der Waals surface area contributed by atoms with Gasteiger partial charge in [0.25, 0.3) is 0 Å². The lowest BCUT2D eigenvalue weighted by Crippen LogP contribution is -2.38. The first-order valence-electron chi connectivity index (χ1n) is 6.29. The van der Waals surface area contributed by atoms with Crippen LogP contribution in [0.4, 0.5) is 5.69 Å². The van der Waals surface area contributed by atoms with Gasteiger partial charge in [-0.05, 0) is 37.9 Å². The molecule has 2 rings (SSSR count). The highest BCUT2D eigenvalue weighted by molar-refractivity contribution is 5.46. The van der Waals surface area contributed by atoms with Gasteiger partial charge >= 0.3 is 0 Å². The first-order valence-corrected chi connectivity index (χ1v) is 6.29. The average molecular weight is 219 g/mol. The highest BCUT2D eigenvalue weighted by Gasteiger charge is 2.23. The smallest absolute Gasteiger partial charge is 0.0415 e. The Morgan fingerprint density at radius 2 is 2.25 bits per heavy atom. The molecule has 0 amide bonds. The van der Waals surface area contributed by atoms with Gasteiger partial charge in [0.15, 0.2) is 0 Å². The Bertz CT molecular complexity index is 299. The van der Waals surface area contributed by atoms with E-state index < -0.39 is 0 Å². The van der Waals surface area contributed by atoms with E-state index in [0.717, 1.165) is 13.1 Å². The number of rotatable bonds is 5. The summed E-state index contributed by atoms with van der Waals surface area (Å²) in [6.07, 6.45) is 7.58. The lowest BCUT2D eigenvalue weighted by Gasteiger charge is -2.26. The number of aromatic nitrogens is 1. The van der Waals surface area contributed by atoms with E-state index in [1.807, 2.05) is 12.4 Å². The number of hydrogen-bond acceptors (Lipinski definition) is 3. The summed E-state index contributed by atoms with van der Waals surface area (Å²) in [5.74, 6) is 0. The van der Waals surface area contributed by atoms with Crippen molar-refractivity contribution in [2.24, 2.45) is 0 Å². The molecule has 3 heteroatoms. The summed E-state index contributed by atoms with van der Waals surface area (Å²) in [5.41, 5.74) is 1.32. The van der Waals surface area contributed by atoms with Gasteiger partial charge in [-0.25, -0.2) is 0 Å². The van der Waals surface area contributed by atoms with Crippen molar-refractivity contribution in [1.82, 2.24) is 10.3 Å². The quantitative estimate of drug-likeness (QED) is 0.768. The zero-order valence-electron chi connectivity index (χ0n) is 10.0. The molecule has 1 unspecified atom stereocenters. The van der Waals surface area contributed by atoms with Crippen LogP contribution in [0, 0.1) is 0 Å². The van der Waals surface area contributed by atoms with Crippen molar-refractivity contribution < 1.29 is 0 Å². The van der Waals surface area contributed by atoms with E-state index in [4.69, 9.17) is 0 Å². The average Bonchev–Trinajstić information content (AvgIpc) is 2.79. The highest BCUT2D eigenvalue weighted by Crippen LogP contribution is 2.24. The maximum absolute atomic E-state index is 4.07. The Balaban J connectivity index is 1.93. The van der Waals surface area contributed by atoms with E-state index >= 15 is 0 Å². The van der Waals surface area contributed by atoms with E-state index in [-0.39, 0.29) is 0 Å². The normalized spacial score (nSPS) is 20.3. The van der Waals surface area contributed by atoms with Gasteiger partial charge in [0.1, 0.15) is 0 Å². The molecule has 0 radical (unpaired) electrons. The summed E-state index contributed by atoms with van der Waals surface area (Å²) in [4.78, 5) is 6.58. The molecule has 2 heterocycles. The van der Waals surface area contributed by atoms with Gasteiger partial charge in [-0.1, -0.05) is 6.92 Å². The number of nitrogens with zero attached hydrogens (tertiary/aromatic N) is 2. The van der Waals surface area contributed by atoms with Crippen LogP contribution in [0.1, 0.15) is 26.2 Å². The van der Waals surface area contributed by atoms with Gasteiger partial charge in [-0.3, -0.25) is 4.98 Å². The molecule has 1 aliphatic heterocycles. The van der Waals surface area contributed by atoms with Crippen molar-refractivity contribution >= 4 is 5.69 Å². The highest BCUT2D eigenvalue weighted by atomic mass is 15.2. The molecule has 0 aromatic carbocycles. The van der Waals surface area contributed by atoms with Crippen molar-refractivity contribution in [2.75, 3.05) is 24.5 Å². The van der Waals surface area contributed by atoms with Crippen molar-refractivity contribution in [1.29, 1.82) is 0 Å². The van der Waals surface area contributed by atoms with Gasteiger partial charge in [-0.15, -0.1) is 0 Å². The molecule has 1 atom stereocenters. The van der Waals surface area contributed by atoms with Crippen molar-refractivity contribution in [3.05, 3.63) is 24.5 Å². The Kier molecular flexibility index (Phi) is 4.17. The number of anilines is 1. The fourth-order valence-electron chi connectivity index (χ4n) is 2.37. The van der Waals surface area contributed by atoms with Crippen LogP contribution in [0.25, 0.3) is 0 Å². The van der Waals surface area contributed by atoms with Gasteiger partial charge in [-0.2, -0.15) is 0 Å². The first-order chi connectivity index (χ1) is 7.92. The van der Waals surface area contributed by atoms with Crippen LogP contribution in [-0.2, 0) is 0 Å². The lowest BCUT2D eigenvalue weighted by atomic mass is 10.2. The van der Waals surface area contributed by atoms with Crippen LogP contribution in [0.5, 0.6) is 0 Å².